The number of rotatable bonds is 15. The van der Waals surface area contributed by atoms with Crippen molar-refractivity contribution in [3.05, 3.63) is 101 Å². The van der Waals surface area contributed by atoms with E-state index in [0.717, 1.165) is 36.9 Å². The normalized spacial score (nSPS) is 12.5. The highest BCUT2D eigenvalue weighted by Crippen LogP contribution is 2.23. The second-order valence-corrected chi connectivity index (χ2v) is 12.8. The molecule has 230 valence electrons. The molecule has 0 aliphatic carbocycles. The number of para-hydroxylation sites is 1. The van der Waals surface area contributed by atoms with E-state index in [0.29, 0.717) is 30.4 Å². The van der Waals surface area contributed by atoms with E-state index in [1.165, 1.54) is 16.5 Å². The van der Waals surface area contributed by atoms with Crippen molar-refractivity contribution in [2.45, 2.75) is 65.0 Å². The second-order valence-electron chi connectivity index (χ2n) is 12.4. The molecule has 0 saturated carbocycles. The molecule has 0 spiro atoms. The van der Waals surface area contributed by atoms with Gasteiger partial charge in [-0.3, -0.25) is 9.69 Å². The number of aromatic nitrogens is 1. The van der Waals surface area contributed by atoms with Crippen LogP contribution in [-0.2, 0) is 23.2 Å². The highest BCUT2D eigenvalue weighted by Gasteiger charge is 2.21. The van der Waals surface area contributed by atoms with Gasteiger partial charge in [-0.05, 0) is 71.8 Å². The molecule has 4 rings (SSSR count). The fourth-order valence-corrected chi connectivity index (χ4v) is 5.32. The van der Waals surface area contributed by atoms with E-state index >= 15 is 0 Å². The minimum atomic E-state index is -0.732. The van der Waals surface area contributed by atoms with Gasteiger partial charge in [0.1, 0.15) is 18.5 Å². The molecule has 0 saturated heterocycles. The summed E-state index contributed by atoms with van der Waals surface area (Å²) in [6, 6.07) is 24.0. The number of fused-ring (bicyclic) bond motifs is 1. The topological polar surface area (TPSA) is 68.8 Å². The van der Waals surface area contributed by atoms with Gasteiger partial charge in [-0.25, -0.2) is 0 Å². The van der Waals surface area contributed by atoms with E-state index in [4.69, 9.17) is 16.3 Å². The van der Waals surface area contributed by atoms with Crippen LogP contribution in [0, 0.1) is 0 Å². The van der Waals surface area contributed by atoms with Crippen molar-refractivity contribution in [1.82, 2.24) is 14.8 Å². The Morgan fingerprint density at radius 1 is 1.00 bits per heavy atom. The second kappa shape index (κ2) is 15.4. The number of hydrogen-bond donors (Lipinski definition) is 2. The summed E-state index contributed by atoms with van der Waals surface area (Å²) in [6.45, 7) is 11.4. The number of hydrogen-bond acceptors (Lipinski definition) is 4. The Morgan fingerprint density at radius 2 is 1.72 bits per heavy atom. The summed E-state index contributed by atoms with van der Waals surface area (Å²) >= 11 is 5.97. The minimum Gasteiger partial charge on any atom is -0.491 e. The first-order chi connectivity index (χ1) is 20.6. The molecule has 0 aliphatic heterocycles. The number of ether oxygens (including phenoxy) is 1. The Labute approximate surface area is 261 Å². The van der Waals surface area contributed by atoms with Gasteiger partial charge in [-0.1, -0.05) is 88.2 Å². The Kier molecular flexibility index (Phi) is 11.7. The summed E-state index contributed by atoms with van der Waals surface area (Å²) in [6.07, 6.45) is 4.02. The quantitative estimate of drug-likeness (QED) is 0.150. The molecule has 0 radical (unpaired) electrons. The first-order valence-corrected chi connectivity index (χ1v) is 15.7. The van der Waals surface area contributed by atoms with Crippen molar-refractivity contribution in [2.24, 2.45) is 0 Å². The van der Waals surface area contributed by atoms with Gasteiger partial charge in [-0.2, -0.15) is 0 Å². The summed E-state index contributed by atoms with van der Waals surface area (Å²) in [5.74, 6) is 0.710. The number of carbonyl (C=O) groups excluding carboxylic acids is 1. The van der Waals surface area contributed by atoms with Crippen LogP contribution < -0.4 is 4.74 Å². The number of benzene rings is 3. The van der Waals surface area contributed by atoms with Gasteiger partial charge in [0.25, 0.3) is 0 Å². The molecular weight excluding hydrogens is 558 g/mol. The highest BCUT2D eigenvalue weighted by atomic mass is 35.5. The van der Waals surface area contributed by atoms with E-state index in [1.54, 1.807) is 24.3 Å². The van der Waals surface area contributed by atoms with Gasteiger partial charge >= 0.3 is 0 Å². The summed E-state index contributed by atoms with van der Waals surface area (Å²) < 4.78 is 5.77. The van der Waals surface area contributed by atoms with E-state index in [9.17, 15) is 9.90 Å². The first-order valence-electron chi connectivity index (χ1n) is 15.3. The minimum absolute atomic E-state index is 0.0571. The van der Waals surface area contributed by atoms with Crippen LogP contribution in [0.5, 0.6) is 5.75 Å². The number of aliphatic hydroxyl groups is 1. The van der Waals surface area contributed by atoms with Crippen molar-refractivity contribution >= 4 is 28.4 Å². The van der Waals surface area contributed by atoms with Crippen molar-refractivity contribution < 1.29 is 14.6 Å². The van der Waals surface area contributed by atoms with Crippen LogP contribution in [-0.4, -0.2) is 64.7 Å². The summed E-state index contributed by atoms with van der Waals surface area (Å²) in [5.41, 5.74) is 4.76. The number of unbranched alkanes of at least 4 members (excludes halogenated alkanes) is 1. The van der Waals surface area contributed by atoms with E-state index < -0.39 is 6.10 Å². The predicted molar refractivity (Wildman–Crippen MR) is 177 cm³/mol. The lowest BCUT2D eigenvalue weighted by Gasteiger charge is -2.29. The number of aliphatic hydroxyl groups excluding tert-OH is 1. The van der Waals surface area contributed by atoms with Crippen LogP contribution in [0.4, 0.5) is 0 Å². The third-order valence-electron chi connectivity index (χ3n) is 7.78. The standard InChI is InChI=1S/C36H46ClN3O3/c1-5-6-20-39(24-31(41)26-43-32-17-15-30(37)16-18-32)25-35(42)40(23-27-11-13-29(14-12-27)36(2,3)4)21-19-28-22-38-34-10-8-7-9-33(28)34/h7-18,22,31,38,41H,5-6,19-21,23-26H2,1-4H3/t31-/m1/s1. The smallest absolute Gasteiger partial charge is 0.237 e. The van der Waals surface area contributed by atoms with Crippen LogP contribution in [0.15, 0.2) is 79.0 Å². The van der Waals surface area contributed by atoms with Crippen molar-refractivity contribution in [1.29, 1.82) is 0 Å². The summed E-state index contributed by atoms with van der Waals surface area (Å²) in [5, 5.41) is 12.6. The van der Waals surface area contributed by atoms with Gasteiger partial charge in [-0.15, -0.1) is 0 Å². The highest BCUT2D eigenvalue weighted by molar-refractivity contribution is 6.30. The van der Waals surface area contributed by atoms with Crippen LogP contribution in [0.3, 0.4) is 0 Å². The number of amides is 1. The Morgan fingerprint density at radius 3 is 2.42 bits per heavy atom. The molecule has 1 aromatic heterocycles. The van der Waals surface area contributed by atoms with E-state index in [1.807, 2.05) is 17.0 Å². The molecule has 4 aromatic rings. The maximum absolute atomic E-state index is 13.9. The third-order valence-corrected chi connectivity index (χ3v) is 8.04. The maximum atomic E-state index is 13.9. The van der Waals surface area contributed by atoms with Gasteiger partial charge < -0.3 is 19.7 Å². The molecule has 0 bridgehead atoms. The molecule has 0 aliphatic rings. The molecule has 1 atom stereocenters. The Balaban J connectivity index is 1.45. The molecule has 1 amide bonds. The molecular formula is C36H46ClN3O3. The molecule has 6 nitrogen and oxygen atoms in total. The lowest BCUT2D eigenvalue weighted by Crippen LogP contribution is -2.44. The van der Waals surface area contributed by atoms with Crippen LogP contribution in [0.25, 0.3) is 10.9 Å². The fraction of sp³-hybridized carbons (Fsp3) is 0.417. The lowest BCUT2D eigenvalue weighted by molar-refractivity contribution is -0.133. The van der Waals surface area contributed by atoms with Gasteiger partial charge in [0.2, 0.25) is 5.91 Å². The summed E-state index contributed by atoms with van der Waals surface area (Å²) in [7, 11) is 0. The van der Waals surface area contributed by atoms with Gasteiger partial charge in [0.05, 0.1) is 6.54 Å². The van der Waals surface area contributed by atoms with Crippen molar-refractivity contribution in [3.8, 4) is 5.75 Å². The zero-order chi connectivity index (χ0) is 30.8. The molecule has 0 unspecified atom stereocenters. The molecule has 2 N–H and O–H groups in total. The van der Waals surface area contributed by atoms with Gasteiger partial charge in [0.15, 0.2) is 0 Å². The monoisotopic (exact) mass is 603 g/mol. The largest absolute Gasteiger partial charge is 0.491 e. The maximum Gasteiger partial charge on any atom is 0.237 e. The van der Waals surface area contributed by atoms with E-state index in [-0.39, 0.29) is 24.5 Å². The van der Waals surface area contributed by atoms with Crippen molar-refractivity contribution in [3.63, 3.8) is 0 Å². The number of nitrogens with one attached hydrogen (secondary N) is 1. The molecule has 7 heteroatoms. The zero-order valence-corrected chi connectivity index (χ0v) is 26.7. The molecule has 43 heavy (non-hydrogen) atoms. The number of halogens is 1. The van der Waals surface area contributed by atoms with Crippen molar-refractivity contribution in [2.75, 3.05) is 32.8 Å². The molecule has 0 fully saturated rings. The predicted octanol–water partition coefficient (Wildman–Crippen LogP) is 7.23. The first kappa shape index (κ1) is 32.6. The number of carbonyl (C=O) groups is 1. The summed E-state index contributed by atoms with van der Waals surface area (Å²) in [4.78, 5) is 21.3. The zero-order valence-electron chi connectivity index (χ0n) is 26.0. The van der Waals surface area contributed by atoms with Crippen LogP contribution in [0.1, 0.15) is 57.2 Å². The van der Waals surface area contributed by atoms with E-state index in [2.05, 4.69) is 80.2 Å². The SMILES string of the molecule is CCCCN(CC(=O)N(CCc1c[nH]c2ccccc12)Cc1ccc(C(C)(C)C)cc1)C[C@@H](O)COc1ccc(Cl)cc1. The Hall–Kier alpha value is -3.32. The number of aromatic amines is 1. The lowest BCUT2D eigenvalue weighted by atomic mass is 9.87. The van der Waals surface area contributed by atoms with Crippen LogP contribution in [0.2, 0.25) is 5.02 Å². The molecule has 1 heterocycles. The molecule has 3 aromatic carbocycles. The average molecular weight is 604 g/mol. The van der Waals surface area contributed by atoms with Crippen LogP contribution >= 0.6 is 11.6 Å². The number of H-pyrrole nitrogens is 1. The average Bonchev–Trinajstić information content (AvgIpc) is 3.40. The van der Waals surface area contributed by atoms with Gasteiger partial charge in [0, 0.05) is 41.8 Å². The fourth-order valence-electron chi connectivity index (χ4n) is 5.20. The Bertz CT molecular complexity index is 1430. The third kappa shape index (κ3) is 9.85. The number of nitrogens with zero attached hydrogens (tertiary/aromatic N) is 2.